The van der Waals surface area contributed by atoms with Gasteiger partial charge in [-0.25, -0.2) is 9.37 Å². The van der Waals surface area contributed by atoms with Gasteiger partial charge in [0.15, 0.2) is 5.82 Å². The van der Waals surface area contributed by atoms with Crippen LogP contribution < -0.4 is 0 Å². The lowest BCUT2D eigenvalue weighted by Crippen LogP contribution is -2.34. The molecule has 1 fully saturated rings. The molecule has 1 atom stereocenters. The number of likely N-dealkylation sites (tertiary alicyclic amines) is 1. The zero-order valence-electron chi connectivity index (χ0n) is 14.2. The summed E-state index contributed by atoms with van der Waals surface area (Å²) in [7, 11) is 0. The van der Waals surface area contributed by atoms with Crippen LogP contribution in [0.3, 0.4) is 0 Å². The highest BCUT2D eigenvalue weighted by Gasteiger charge is 2.31. The number of aromatic nitrogens is 3. The van der Waals surface area contributed by atoms with Gasteiger partial charge in [0.05, 0.1) is 10.9 Å². The van der Waals surface area contributed by atoms with E-state index in [1.165, 1.54) is 28.3 Å². The number of halogens is 1. The molecule has 3 aromatic rings. The number of hydrogen-bond donors (Lipinski definition) is 1. The molecule has 2 aromatic heterocycles. The summed E-state index contributed by atoms with van der Waals surface area (Å²) in [5, 5.41) is 15.1. The number of rotatable bonds is 4. The van der Waals surface area contributed by atoms with Gasteiger partial charge in [-0.05, 0) is 32.0 Å². The molecule has 0 spiro atoms. The number of nitrogens with zero attached hydrogens (tertiary/aromatic N) is 4. The second-order valence-electron chi connectivity index (χ2n) is 6.39. The average molecular weight is 360 g/mol. The van der Waals surface area contributed by atoms with E-state index in [4.69, 9.17) is 0 Å². The molecule has 1 saturated heterocycles. The zero-order valence-corrected chi connectivity index (χ0v) is 15.0. The molecule has 0 bridgehead atoms. The fourth-order valence-corrected chi connectivity index (χ4v) is 4.62. The molecule has 0 aliphatic carbocycles. The van der Waals surface area contributed by atoms with Crippen LogP contribution in [0, 0.1) is 5.82 Å². The van der Waals surface area contributed by atoms with Gasteiger partial charge in [-0.3, -0.25) is 4.90 Å². The molecule has 5 nitrogen and oxygen atoms in total. The second kappa shape index (κ2) is 6.72. The lowest BCUT2D eigenvalue weighted by atomic mass is 10.00. The Morgan fingerprint density at radius 3 is 2.68 bits per heavy atom. The Hall–Kier alpha value is -1.99. The number of fused-ring (bicyclic) bond motifs is 1. The van der Waals surface area contributed by atoms with Gasteiger partial charge in [-0.15, -0.1) is 5.10 Å². The molecule has 4 rings (SSSR count). The molecule has 1 N–H and O–H groups in total. The molecule has 3 heterocycles. The van der Waals surface area contributed by atoms with E-state index in [0.717, 1.165) is 25.9 Å². The van der Waals surface area contributed by atoms with Gasteiger partial charge < -0.3 is 5.11 Å². The van der Waals surface area contributed by atoms with Crippen LogP contribution in [-0.4, -0.2) is 37.7 Å². The maximum atomic E-state index is 14.6. The topological polar surface area (TPSA) is 53.7 Å². The Balaban J connectivity index is 1.84. The number of thiazole rings is 1. The quantitative estimate of drug-likeness (QED) is 0.769. The van der Waals surface area contributed by atoms with E-state index in [9.17, 15) is 9.50 Å². The summed E-state index contributed by atoms with van der Waals surface area (Å²) in [6.07, 6.45) is 4.09. The predicted octanol–water partition coefficient (Wildman–Crippen LogP) is 3.77. The van der Waals surface area contributed by atoms with Gasteiger partial charge in [-0.2, -0.15) is 4.52 Å². The van der Waals surface area contributed by atoms with Crippen molar-refractivity contribution in [3.8, 4) is 5.88 Å². The van der Waals surface area contributed by atoms with Gasteiger partial charge in [0.2, 0.25) is 10.8 Å². The summed E-state index contributed by atoms with van der Waals surface area (Å²) < 4.78 is 16.1. The molecule has 132 valence electrons. The monoisotopic (exact) mass is 360 g/mol. The Kier molecular flexibility index (Phi) is 4.43. The van der Waals surface area contributed by atoms with Crippen molar-refractivity contribution in [1.82, 2.24) is 19.5 Å². The highest BCUT2D eigenvalue weighted by molar-refractivity contribution is 7.17. The Labute approximate surface area is 149 Å². The summed E-state index contributed by atoms with van der Waals surface area (Å²) in [5.41, 5.74) is 0.597. The van der Waals surface area contributed by atoms with Crippen LogP contribution in [0.2, 0.25) is 0 Å². The highest BCUT2D eigenvalue weighted by atomic mass is 32.1. The number of aromatic hydroxyl groups is 1. The highest BCUT2D eigenvalue weighted by Crippen LogP contribution is 2.41. The van der Waals surface area contributed by atoms with Crippen molar-refractivity contribution in [3.05, 3.63) is 46.3 Å². The molecule has 7 heteroatoms. The maximum Gasteiger partial charge on any atom is 0.230 e. The first kappa shape index (κ1) is 16.5. The summed E-state index contributed by atoms with van der Waals surface area (Å²) in [4.78, 5) is 8.08. The lowest BCUT2D eigenvalue weighted by Gasteiger charge is -2.34. The van der Waals surface area contributed by atoms with E-state index in [0.29, 0.717) is 27.6 Å². The molecule has 1 aliphatic rings. The van der Waals surface area contributed by atoms with Crippen molar-refractivity contribution in [2.24, 2.45) is 0 Å². The van der Waals surface area contributed by atoms with E-state index in [-0.39, 0.29) is 17.7 Å². The summed E-state index contributed by atoms with van der Waals surface area (Å²) in [6.45, 7) is 3.77. The molecule has 0 saturated carbocycles. The number of piperidine rings is 1. The van der Waals surface area contributed by atoms with Crippen molar-refractivity contribution in [2.45, 2.75) is 38.6 Å². The fraction of sp³-hybridized carbons (Fsp3) is 0.444. The minimum atomic E-state index is -0.305. The van der Waals surface area contributed by atoms with Gasteiger partial charge in [0.1, 0.15) is 5.82 Å². The van der Waals surface area contributed by atoms with E-state index >= 15 is 0 Å². The normalized spacial score (nSPS) is 17.2. The van der Waals surface area contributed by atoms with Gasteiger partial charge in [0, 0.05) is 12.0 Å². The predicted molar refractivity (Wildman–Crippen MR) is 95.6 cm³/mol. The third-order valence-corrected chi connectivity index (χ3v) is 5.84. The smallest absolute Gasteiger partial charge is 0.230 e. The summed E-state index contributed by atoms with van der Waals surface area (Å²) in [5.74, 6) is 0.533. The van der Waals surface area contributed by atoms with E-state index < -0.39 is 0 Å². The first-order chi connectivity index (χ1) is 12.2. The second-order valence-corrected chi connectivity index (χ2v) is 7.40. The largest absolute Gasteiger partial charge is 0.492 e. The summed E-state index contributed by atoms with van der Waals surface area (Å²) in [6, 6.07) is 6.53. The Morgan fingerprint density at radius 2 is 2.00 bits per heavy atom. The standard InChI is InChI=1S/C18H21FN4OS/c1-2-14-20-18-23(21-14)17(24)16(25-18)15(22-10-6-3-7-11-22)12-8-4-5-9-13(12)19/h4-5,8-9,15,24H,2-3,6-7,10-11H2,1H3/t15-/m0/s1. The lowest BCUT2D eigenvalue weighted by molar-refractivity contribution is 0.184. The Bertz CT molecular complexity index is 884. The van der Waals surface area contributed by atoms with Crippen molar-refractivity contribution in [3.63, 3.8) is 0 Å². The molecular formula is C18H21FN4OS. The van der Waals surface area contributed by atoms with Crippen LogP contribution >= 0.6 is 11.3 Å². The molecule has 0 unspecified atom stereocenters. The Morgan fingerprint density at radius 1 is 1.24 bits per heavy atom. The number of benzene rings is 1. The third-order valence-electron chi connectivity index (χ3n) is 4.76. The van der Waals surface area contributed by atoms with Crippen molar-refractivity contribution in [2.75, 3.05) is 13.1 Å². The van der Waals surface area contributed by atoms with Crippen molar-refractivity contribution >= 4 is 16.3 Å². The molecule has 1 aromatic carbocycles. The minimum Gasteiger partial charge on any atom is -0.492 e. The van der Waals surface area contributed by atoms with Crippen molar-refractivity contribution < 1.29 is 9.50 Å². The molecule has 0 amide bonds. The van der Waals surface area contributed by atoms with Crippen LogP contribution in [-0.2, 0) is 6.42 Å². The van der Waals surface area contributed by atoms with Crippen LogP contribution in [0.15, 0.2) is 24.3 Å². The van der Waals surface area contributed by atoms with E-state index in [1.807, 2.05) is 13.0 Å². The van der Waals surface area contributed by atoms with Crippen LogP contribution in [0.5, 0.6) is 5.88 Å². The third kappa shape index (κ3) is 2.91. The van der Waals surface area contributed by atoms with Crippen molar-refractivity contribution in [1.29, 1.82) is 0 Å². The molecular weight excluding hydrogens is 339 g/mol. The van der Waals surface area contributed by atoms with Crippen LogP contribution in [0.4, 0.5) is 4.39 Å². The fourth-order valence-electron chi connectivity index (χ4n) is 3.50. The minimum absolute atomic E-state index is 0.0750. The first-order valence-corrected chi connectivity index (χ1v) is 9.56. The first-order valence-electron chi connectivity index (χ1n) is 8.74. The maximum absolute atomic E-state index is 14.6. The SMILES string of the molecule is CCc1nc2sc([C@H](c3ccccc3F)N3CCCCC3)c(O)n2n1. The van der Waals surface area contributed by atoms with Crippen LogP contribution in [0.1, 0.15) is 48.5 Å². The average Bonchev–Trinajstić information content (AvgIpc) is 3.18. The van der Waals surface area contributed by atoms with Crippen LogP contribution in [0.25, 0.3) is 4.96 Å². The summed E-state index contributed by atoms with van der Waals surface area (Å²) >= 11 is 1.40. The number of hydrogen-bond acceptors (Lipinski definition) is 5. The van der Waals surface area contributed by atoms with Gasteiger partial charge >= 0.3 is 0 Å². The van der Waals surface area contributed by atoms with Gasteiger partial charge in [-0.1, -0.05) is 42.9 Å². The number of aryl methyl sites for hydroxylation is 1. The molecule has 0 radical (unpaired) electrons. The van der Waals surface area contributed by atoms with E-state index in [2.05, 4.69) is 15.0 Å². The molecule has 25 heavy (non-hydrogen) atoms. The van der Waals surface area contributed by atoms with Gasteiger partial charge in [0.25, 0.3) is 0 Å². The molecule has 1 aliphatic heterocycles. The van der Waals surface area contributed by atoms with E-state index in [1.54, 1.807) is 12.1 Å². The zero-order chi connectivity index (χ0) is 17.4.